The number of ether oxygens (including phenoxy) is 2. The van der Waals surface area contributed by atoms with E-state index in [4.69, 9.17) is 9.47 Å². The average molecular weight is 354 g/mol. The Kier molecular flexibility index (Phi) is 4.73. The van der Waals surface area contributed by atoms with Crippen LogP contribution in [0.25, 0.3) is 0 Å². The lowest BCUT2D eigenvalue weighted by Gasteiger charge is -2.43. The first-order valence-corrected chi connectivity index (χ1v) is 9.64. The van der Waals surface area contributed by atoms with E-state index in [9.17, 15) is 10.1 Å². The smallest absolute Gasteiger partial charge is 0.255 e. The van der Waals surface area contributed by atoms with Crippen LogP contribution in [0.3, 0.4) is 0 Å². The van der Waals surface area contributed by atoms with Crippen molar-refractivity contribution in [1.29, 1.82) is 5.26 Å². The number of likely N-dealkylation sites (tertiary alicyclic amines) is 1. The highest BCUT2D eigenvalue weighted by molar-refractivity contribution is 5.97. The third-order valence-corrected chi connectivity index (χ3v) is 6.34. The molecule has 5 nitrogen and oxygen atoms in total. The van der Waals surface area contributed by atoms with Gasteiger partial charge < -0.3 is 14.4 Å². The lowest BCUT2D eigenvalue weighted by Crippen LogP contribution is -2.53. The summed E-state index contributed by atoms with van der Waals surface area (Å²) in [5.41, 5.74) is 0.657. The number of rotatable bonds is 5. The number of hydrogen-bond acceptors (Lipinski definition) is 4. The fourth-order valence-corrected chi connectivity index (χ4v) is 4.54. The minimum Gasteiger partial charge on any atom is -0.378 e. The Morgan fingerprint density at radius 1 is 1.31 bits per heavy atom. The van der Waals surface area contributed by atoms with Gasteiger partial charge in [-0.05, 0) is 56.6 Å². The quantitative estimate of drug-likeness (QED) is 0.815. The first-order valence-electron chi connectivity index (χ1n) is 9.64. The van der Waals surface area contributed by atoms with Crippen LogP contribution in [0.15, 0.2) is 24.3 Å². The summed E-state index contributed by atoms with van der Waals surface area (Å²) < 4.78 is 12.1. The lowest BCUT2D eigenvalue weighted by atomic mass is 9.79. The number of amides is 1. The highest BCUT2D eigenvalue weighted by Crippen LogP contribution is 2.44. The number of methoxy groups -OCH3 is 1. The predicted octanol–water partition coefficient (Wildman–Crippen LogP) is 3.14. The Morgan fingerprint density at radius 2 is 2.12 bits per heavy atom. The van der Waals surface area contributed by atoms with Crippen molar-refractivity contribution < 1.29 is 14.3 Å². The number of nitrogens with zero attached hydrogens (tertiary/aromatic N) is 2. The normalized spacial score (nSPS) is 30.7. The monoisotopic (exact) mass is 354 g/mol. The lowest BCUT2D eigenvalue weighted by molar-refractivity contribution is -0.0977. The minimum atomic E-state index is -0.267. The van der Waals surface area contributed by atoms with E-state index in [0.29, 0.717) is 17.7 Å². The van der Waals surface area contributed by atoms with E-state index >= 15 is 0 Å². The van der Waals surface area contributed by atoms with Crippen LogP contribution in [0, 0.1) is 17.2 Å². The molecule has 1 aromatic rings. The number of carbonyl (C=O) groups is 1. The molecule has 138 valence electrons. The van der Waals surface area contributed by atoms with E-state index in [2.05, 4.69) is 6.07 Å². The van der Waals surface area contributed by atoms with Gasteiger partial charge in [0.2, 0.25) is 0 Å². The largest absolute Gasteiger partial charge is 0.378 e. The Morgan fingerprint density at radius 3 is 2.85 bits per heavy atom. The zero-order valence-electron chi connectivity index (χ0n) is 15.3. The van der Waals surface area contributed by atoms with E-state index < -0.39 is 0 Å². The van der Waals surface area contributed by atoms with Gasteiger partial charge in [0, 0.05) is 20.3 Å². The number of hydrogen-bond donors (Lipinski definition) is 0. The Hall–Kier alpha value is -1.90. The van der Waals surface area contributed by atoms with Gasteiger partial charge in [0.1, 0.15) is 0 Å². The molecule has 4 rings (SSSR count). The summed E-state index contributed by atoms with van der Waals surface area (Å²) in [5.74, 6) is 0.682. The molecule has 26 heavy (non-hydrogen) atoms. The summed E-state index contributed by atoms with van der Waals surface area (Å²) in [7, 11) is 1.76. The summed E-state index contributed by atoms with van der Waals surface area (Å²) in [4.78, 5) is 15.1. The van der Waals surface area contributed by atoms with Crippen LogP contribution in [-0.2, 0) is 9.47 Å². The summed E-state index contributed by atoms with van der Waals surface area (Å²) >= 11 is 0. The molecule has 2 aliphatic carbocycles. The highest BCUT2D eigenvalue weighted by atomic mass is 16.5. The molecule has 0 N–H and O–H groups in total. The van der Waals surface area contributed by atoms with Gasteiger partial charge in [-0.2, -0.15) is 5.26 Å². The Labute approximate surface area is 154 Å². The van der Waals surface area contributed by atoms with E-state index in [1.165, 1.54) is 12.8 Å². The molecular weight excluding hydrogens is 328 g/mol. The van der Waals surface area contributed by atoms with Crippen molar-refractivity contribution in [3.05, 3.63) is 35.4 Å². The van der Waals surface area contributed by atoms with Crippen LogP contribution in [-0.4, -0.2) is 48.8 Å². The van der Waals surface area contributed by atoms with Gasteiger partial charge in [-0.15, -0.1) is 0 Å². The molecule has 1 aromatic carbocycles. The van der Waals surface area contributed by atoms with Crippen LogP contribution in [0.1, 0.15) is 54.4 Å². The SMILES string of the molecule is CO[C@@]12CC[C@@H](OCC3CC3)C[C@@H]1N(C(=O)c1ccccc1C#N)CC2. The maximum absolute atomic E-state index is 13.2. The van der Waals surface area contributed by atoms with Crippen LogP contribution >= 0.6 is 0 Å². The van der Waals surface area contributed by atoms with Crippen LogP contribution in [0.2, 0.25) is 0 Å². The first kappa shape index (κ1) is 17.5. The molecule has 3 atom stereocenters. The molecule has 0 unspecified atom stereocenters. The zero-order chi connectivity index (χ0) is 18.1. The fraction of sp³-hybridized carbons (Fsp3) is 0.619. The molecule has 0 spiro atoms. The van der Waals surface area contributed by atoms with Crippen molar-refractivity contribution in [2.45, 2.75) is 56.3 Å². The number of carbonyl (C=O) groups excluding carboxylic acids is 1. The van der Waals surface area contributed by atoms with Crippen molar-refractivity contribution in [3.63, 3.8) is 0 Å². The van der Waals surface area contributed by atoms with Gasteiger partial charge in [-0.1, -0.05) is 12.1 Å². The van der Waals surface area contributed by atoms with Crippen LogP contribution in [0.5, 0.6) is 0 Å². The molecular formula is C21H26N2O3. The average Bonchev–Trinajstić information content (AvgIpc) is 3.44. The van der Waals surface area contributed by atoms with Crippen molar-refractivity contribution in [2.75, 3.05) is 20.3 Å². The van der Waals surface area contributed by atoms with E-state index in [1.54, 1.807) is 25.3 Å². The second kappa shape index (κ2) is 7.02. The molecule has 1 aliphatic heterocycles. The first-order chi connectivity index (χ1) is 12.7. The van der Waals surface area contributed by atoms with E-state index in [0.717, 1.165) is 38.2 Å². The van der Waals surface area contributed by atoms with Crippen molar-refractivity contribution >= 4 is 5.91 Å². The molecule has 0 bridgehead atoms. The molecule has 2 saturated carbocycles. The molecule has 3 fully saturated rings. The predicted molar refractivity (Wildman–Crippen MR) is 96.7 cm³/mol. The fourth-order valence-electron chi connectivity index (χ4n) is 4.54. The third kappa shape index (κ3) is 3.13. The maximum Gasteiger partial charge on any atom is 0.255 e. The standard InChI is InChI=1S/C21H26N2O3/c1-25-21-9-8-17(26-14-15-6-7-15)12-19(21)23(11-10-21)20(24)18-5-3-2-4-16(18)13-22/h2-5,15,17,19H,6-12,14H2,1H3/t17-,19+,21-/m1/s1. The van der Waals surface area contributed by atoms with Gasteiger partial charge in [0.25, 0.3) is 5.91 Å². The van der Waals surface area contributed by atoms with Crippen molar-refractivity contribution in [1.82, 2.24) is 4.90 Å². The maximum atomic E-state index is 13.2. The van der Waals surface area contributed by atoms with Gasteiger partial charge in [0.15, 0.2) is 0 Å². The van der Waals surface area contributed by atoms with Gasteiger partial charge in [-0.3, -0.25) is 4.79 Å². The molecule has 5 heteroatoms. The van der Waals surface area contributed by atoms with Gasteiger partial charge in [-0.25, -0.2) is 0 Å². The van der Waals surface area contributed by atoms with Gasteiger partial charge >= 0.3 is 0 Å². The second-order valence-electron chi connectivity index (χ2n) is 7.86. The van der Waals surface area contributed by atoms with E-state index in [-0.39, 0.29) is 23.7 Å². The zero-order valence-corrected chi connectivity index (χ0v) is 15.3. The Bertz CT molecular complexity index is 724. The highest BCUT2D eigenvalue weighted by Gasteiger charge is 2.53. The summed E-state index contributed by atoms with van der Waals surface area (Å²) in [5, 5.41) is 9.34. The summed E-state index contributed by atoms with van der Waals surface area (Å²) in [6.45, 7) is 1.52. The van der Waals surface area contributed by atoms with Crippen molar-refractivity contribution in [3.8, 4) is 6.07 Å². The molecule has 1 saturated heterocycles. The van der Waals surface area contributed by atoms with Crippen molar-refractivity contribution in [2.24, 2.45) is 5.92 Å². The summed E-state index contributed by atoms with van der Waals surface area (Å²) in [6, 6.07) is 9.22. The molecule has 0 aromatic heterocycles. The molecule has 1 amide bonds. The molecule has 0 radical (unpaired) electrons. The third-order valence-electron chi connectivity index (χ3n) is 6.34. The number of benzene rings is 1. The summed E-state index contributed by atoms with van der Waals surface area (Å²) in [6.07, 6.45) is 6.36. The molecule has 1 heterocycles. The molecule has 3 aliphatic rings. The topological polar surface area (TPSA) is 62.6 Å². The number of fused-ring (bicyclic) bond motifs is 1. The number of nitriles is 1. The Balaban J connectivity index is 1.54. The van der Waals surface area contributed by atoms with Crippen LogP contribution < -0.4 is 0 Å². The second-order valence-corrected chi connectivity index (χ2v) is 7.86. The van der Waals surface area contributed by atoms with Crippen LogP contribution in [0.4, 0.5) is 0 Å². The van der Waals surface area contributed by atoms with E-state index in [1.807, 2.05) is 11.0 Å². The minimum absolute atomic E-state index is 0.0182. The van der Waals surface area contributed by atoms with Gasteiger partial charge in [0.05, 0.1) is 34.9 Å².